The van der Waals surface area contributed by atoms with E-state index in [4.69, 9.17) is 0 Å². The zero-order valence-electron chi connectivity index (χ0n) is 13.1. The van der Waals surface area contributed by atoms with E-state index in [1.54, 1.807) is 12.1 Å². The Morgan fingerprint density at radius 2 is 2.00 bits per heavy atom. The van der Waals surface area contributed by atoms with Crippen LogP contribution >= 0.6 is 0 Å². The van der Waals surface area contributed by atoms with Crippen molar-refractivity contribution in [2.45, 2.75) is 51.1 Å². The van der Waals surface area contributed by atoms with E-state index in [-0.39, 0.29) is 0 Å². The van der Waals surface area contributed by atoms with Crippen LogP contribution in [0.4, 0.5) is 0 Å². The van der Waals surface area contributed by atoms with Gasteiger partial charge in [0, 0.05) is 18.6 Å². The maximum atomic E-state index is 9.40. The zero-order chi connectivity index (χ0) is 14.7. The first-order valence-electron chi connectivity index (χ1n) is 8.47. The van der Waals surface area contributed by atoms with Crippen LogP contribution in [0, 0.1) is 5.92 Å². The van der Waals surface area contributed by atoms with Crippen molar-refractivity contribution in [3.05, 3.63) is 29.8 Å². The highest BCUT2D eigenvalue weighted by atomic mass is 16.3. The third kappa shape index (κ3) is 4.21. The maximum absolute atomic E-state index is 9.40. The number of nitrogens with one attached hydrogen (secondary N) is 1. The van der Waals surface area contributed by atoms with Gasteiger partial charge in [-0.1, -0.05) is 12.1 Å². The maximum Gasteiger partial charge on any atom is 0.115 e. The first-order chi connectivity index (χ1) is 10.2. The van der Waals surface area contributed by atoms with Gasteiger partial charge in [0.1, 0.15) is 5.75 Å². The minimum atomic E-state index is 0.360. The molecule has 3 rings (SSSR count). The summed E-state index contributed by atoms with van der Waals surface area (Å²) in [5.74, 6) is 1.18. The van der Waals surface area contributed by atoms with Crippen LogP contribution < -0.4 is 5.32 Å². The first-order valence-corrected chi connectivity index (χ1v) is 8.47. The molecule has 0 radical (unpaired) electrons. The van der Waals surface area contributed by atoms with Crippen LogP contribution in [-0.2, 0) is 6.42 Å². The van der Waals surface area contributed by atoms with Crippen molar-refractivity contribution >= 4 is 0 Å². The number of rotatable bonds is 6. The Morgan fingerprint density at radius 3 is 2.62 bits per heavy atom. The smallest absolute Gasteiger partial charge is 0.115 e. The molecule has 0 amide bonds. The Bertz CT molecular complexity index is 435. The first kappa shape index (κ1) is 14.9. The second-order valence-electron chi connectivity index (χ2n) is 6.86. The molecule has 1 saturated carbocycles. The lowest BCUT2D eigenvalue weighted by atomic mass is 9.97. The number of nitrogens with zero attached hydrogens (tertiary/aromatic N) is 1. The van der Waals surface area contributed by atoms with Gasteiger partial charge >= 0.3 is 0 Å². The summed E-state index contributed by atoms with van der Waals surface area (Å²) in [5.41, 5.74) is 1.33. The molecule has 1 aromatic carbocycles. The fraction of sp³-hybridized carbons (Fsp3) is 0.667. The van der Waals surface area contributed by atoms with Crippen molar-refractivity contribution in [1.29, 1.82) is 0 Å². The summed E-state index contributed by atoms with van der Waals surface area (Å²) in [4.78, 5) is 2.74. The molecular weight excluding hydrogens is 260 g/mol. The molecule has 1 heterocycles. The molecule has 2 N–H and O–H groups in total. The molecule has 0 aromatic heterocycles. The molecule has 0 bridgehead atoms. The summed E-state index contributed by atoms with van der Waals surface area (Å²) in [5, 5.41) is 12.9. The summed E-state index contributed by atoms with van der Waals surface area (Å²) in [6, 6.07) is 9.12. The van der Waals surface area contributed by atoms with Gasteiger partial charge in [-0.2, -0.15) is 0 Å². The predicted octanol–water partition coefficient (Wildman–Crippen LogP) is 2.79. The molecule has 3 nitrogen and oxygen atoms in total. The van der Waals surface area contributed by atoms with Crippen molar-refractivity contribution in [2.75, 3.05) is 19.6 Å². The summed E-state index contributed by atoms with van der Waals surface area (Å²) >= 11 is 0. The van der Waals surface area contributed by atoms with Gasteiger partial charge in [-0.15, -0.1) is 0 Å². The van der Waals surface area contributed by atoms with E-state index in [2.05, 4.69) is 29.3 Å². The topological polar surface area (TPSA) is 35.5 Å². The number of aromatic hydroxyl groups is 1. The number of hydrogen-bond acceptors (Lipinski definition) is 3. The van der Waals surface area contributed by atoms with E-state index in [0.29, 0.717) is 11.8 Å². The summed E-state index contributed by atoms with van der Waals surface area (Å²) in [6.45, 7) is 6.00. The van der Waals surface area contributed by atoms with Crippen LogP contribution in [0.2, 0.25) is 0 Å². The van der Waals surface area contributed by atoms with Crippen LogP contribution in [0.1, 0.15) is 38.2 Å². The van der Waals surface area contributed by atoms with Crippen LogP contribution in [0.25, 0.3) is 0 Å². The molecule has 1 aromatic rings. The fourth-order valence-corrected chi connectivity index (χ4v) is 3.56. The van der Waals surface area contributed by atoms with Gasteiger partial charge in [0.25, 0.3) is 0 Å². The van der Waals surface area contributed by atoms with Crippen molar-refractivity contribution in [2.24, 2.45) is 5.92 Å². The van der Waals surface area contributed by atoms with Gasteiger partial charge in [-0.25, -0.2) is 0 Å². The molecule has 1 aliphatic carbocycles. The molecule has 2 fully saturated rings. The quantitative estimate of drug-likeness (QED) is 0.845. The number of piperidine rings is 1. The van der Waals surface area contributed by atoms with Crippen molar-refractivity contribution < 1.29 is 5.11 Å². The molecule has 2 unspecified atom stereocenters. The number of phenolic OH excluding ortho intramolecular Hbond substituents is 1. The van der Waals surface area contributed by atoms with Crippen LogP contribution in [-0.4, -0.2) is 41.7 Å². The third-order valence-electron chi connectivity index (χ3n) is 4.92. The van der Waals surface area contributed by atoms with Gasteiger partial charge < -0.3 is 10.4 Å². The van der Waals surface area contributed by atoms with Crippen LogP contribution in [0.3, 0.4) is 0 Å². The van der Waals surface area contributed by atoms with E-state index >= 15 is 0 Å². The number of phenols is 1. The molecule has 0 spiro atoms. The lowest BCUT2D eigenvalue weighted by Gasteiger charge is -2.34. The normalized spacial score (nSPS) is 24.2. The monoisotopic (exact) mass is 288 g/mol. The average Bonchev–Trinajstić information content (AvgIpc) is 3.33. The second-order valence-corrected chi connectivity index (χ2v) is 6.86. The molecule has 1 saturated heterocycles. The standard InChI is InChI=1S/C18H28N2O/c1-14(11-15-4-8-18(21)9-5-15)20(17-6-7-17)13-16-3-2-10-19-12-16/h4-5,8-9,14,16-17,19,21H,2-3,6-7,10-13H2,1H3. The molecule has 1 aliphatic heterocycles. The molecule has 2 aliphatic rings. The fourth-order valence-electron chi connectivity index (χ4n) is 3.56. The summed E-state index contributed by atoms with van der Waals surface area (Å²) < 4.78 is 0. The second kappa shape index (κ2) is 6.80. The Hall–Kier alpha value is -1.06. The van der Waals surface area contributed by atoms with Crippen LogP contribution in [0.15, 0.2) is 24.3 Å². The van der Waals surface area contributed by atoms with E-state index in [1.165, 1.54) is 50.9 Å². The lowest BCUT2D eigenvalue weighted by Crippen LogP contribution is -2.43. The number of hydrogen-bond donors (Lipinski definition) is 2. The largest absolute Gasteiger partial charge is 0.508 e. The van der Waals surface area contributed by atoms with Crippen LogP contribution in [0.5, 0.6) is 5.75 Å². The molecule has 3 heteroatoms. The van der Waals surface area contributed by atoms with E-state index in [1.807, 2.05) is 0 Å². The van der Waals surface area contributed by atoms with Gasteiger partial charge in [-0.3, -0.25) is 4.90 Å². The Labute approximate surface area is 128 Å². The third-order valence-corrected chi connectivity index (χ3v) is 4.92. The predicted molar refractivity (Wildman–Crippen MR) is 86.6 cm³/mol. The van der Waals surface area contributed by atoms with Gasteiger partial charge in [-0.05, 0) is 75.7 Å². The number of benzene rings is 1. The average molecular weight is 288 g/mol. The summed E-state index contributed by atoms with van der Waals surface area (Å²) in [7, 11) is 0. The Balaban J connectivity index is 1.58. The minimum absolute atomic E-state index is 0.360. The highest BCUT2D eigenvalue weighted by Crippen LogP contribution is 2.31. The van der Waals surface area contributed by atoms with Crippen molar-refractivity contribution in [3.63, 3.8) is 0 Å². The molecule has 21 heavy (non-hydrogen) atoms. The zero-order valence-corrected chi connectivity index (χ0v) is 13.1. The van der Waals surface area contributed by atoms with Crippen molar-refractivity contribution in [1.82, 2.24) is 10.2 Å². The van der Waals surface area contributed by atoms with E-state index in [9.17, 15) is 5.11 Å². The highest BCUT2D eigenvalue weighted by molar-refractivity contribution is 5.26. The van der Waals surface area contributed by atoms with Gasteiger partial charge in [0.2, 0.25) is 0 Å². The molecule has 116 valence electrons. The molecular formula is C18H28N2O. The minimum Gasteiger partial charge on any atom is -0.508 e. The van der Waals surface area contributed by atoms with E-state index in [0.717, 1.165) is 18.4 Å². The lowest BCUT2D eigenvalue weighted by molar-refractivity contribution is 0.153. The SMILES string of the molecule is CC(Cc1ccc(O)cc1)N(CC1CCCNC1)C1CC1. The Kier molecular flexibility index (Phi) is 4.81. The highest BCUT2D eigenvalue weighted by Gasteiger charge is 2.33. The molecule has 2 atom stereocenters. The van der Waals surface area contributed by atoms with Gasteiger partial charge in [0.15, 0.2) is 0 Å². The van der Waals surface area contributed by atoms with E-state index < -0.39 is 0 Å². The van der Waals surface area contributed by atoms with Gasteiger partial charge in [0.05, 0.1) is 0 Å². The Morgan fingerprint density at radius 1 is 1.24 bits per heavy atom. The summed E-state index contributed by atoms with van der Waals surface area (Å²) in [6.07, 6.45) is 6.54. The van der Waals surface area contributed by atoms with Crippen molar-refractivity contribution in [3.8, 4) is 5.75 Å².